The van der Waals surface area contributed by atoms with Crippen LogP contribution in [0.15, 0.2) is 48.5 Å². The second kappa shape index (κ2) is 8.17. The smallest absolute Gasteiger partial charge is 0.254 e. The van der Waals surface area contributed by atoms with Gasteiger partial charge in [-0.15, -0.1) is 0 Å². The summed E-state index contributed by atoms with van der Waals surface area (Å²) in [5, 5.41) is 3.02. The predicted molar refractivity (Wildman–Crippen MR) is 103 cm³/mol. The van der Waals surface area contributed by atoms with Crippen molar-refractivity contribution < 1.29 is 9.59 Å². The summed E-state index contributed by atoms with van der Waals surface area (Å²) in [4.78, 5) is 27.1. The first-order chi connectivity index (χ1) is 12.5. The highest BCUT2D eigenvalue weighted by Crippen LogP contribution is 2.21. The van der Waals surface area contributed by atoms with Crippen LogP contribution in [0, 0.1) is 19.8 Å². The van der Waals surface area contributed by atoms with Crippen molar-refractivity contribution in [3.8, 4) is 0 Å². The van der Waals surface area contributed by atoms with E-state index in [1.165, 1.54) is 0 Å². The minimum Gasteiger partial charge on any atom is -0.352 e. The minimum absolute atomic E-state index is 0.0126. The van der Waals surface area contributed by atoms with E-state index in [4.69, 9.17) is 0 Å². The first-order valence-corrected chi connectivity index (χ1v) is 9.23. The predicted octanol–water partition coefficient (Wildman–Crippen LogP) is 3.47. The van der Waals surface area contributed by atoms with E-state index in [0.29, 0.717) is 19.6 Å². The largest absolute Gasteiger partial charge is 0.352 e. The van der Waals surface area contributed by atoms with Crippen molar-refractivity contribution in [2.75, 3.05) is 13.1 Å². The van der Waals surface area contributed by atoms with Gasteiger partial charge in [0.1, 0.15) is 0 Å². The van der Waals surface area contributed by atoms with Crippen LogP contribution in [-0.2, 0) is 11.3 Å². The number of rotatable bonds is 4. The van der Waals surface area contributed by atoms with Crippen molar-refractivity contribution in [2.24, 2.45) is 5.92 Å². The standard InChI is InChI=1S/C22H26N2O2/c1-16-8-9-17(2)20(14-16)22(26)24-12-10-19(11-13-24)21(25)23-15-18-6-4-3-5-7-18/h3-9,14,19H,10-13,15H2,1-2H3,(H,23,25). The molecule has 0 bridgehead atoms. The zero-order valence-corrected chi connectivity index (χ0v) is 15.5. The number of benzene rings is 2. The van der Waals surface area contributed by atoms with Crippen LogP contribution in [0.5, 0.6) is 0 Å². The molecule has 4 heteroatoms. The number of carbonyl (C=O) groups excluding carboxylic acids is 2. The van der Waals surface area contributed by atoms with Crippen molar-refractivity contribution in [1.29, 1.82) is 0 Å². The zero-order chi connectivity index (χ0) is 18.5. The van der Waals surface area contributed by atoms with Gasteiger partial charge in [0.2, 0.25) is 5.91 Å². The summed E-state index contributed by atoms with van der Waals surface area (Å²) in [6.45, 7) is 5.79. The Morgan fingerprint density at radius 2 is 1.73 bits per heavy atom. The molecule has 136 valence electrons. The molecule has 0 spiro atoms. The van der Waals surface area contributed by atoms with Crippen LogP contribution in [-0.4, -0.2) is 29.8 Å². The molecule has 1 aliphatic heterocycles. The molecule has 0 atom stereocenters. The lowest BCUT2D eigenvalue weighted by molar-refractivity contribution is -0.126. The molecule has 0 radical (unpaired) electrons. The molecular weight excluding hydrogens is 324 g/mol. The second-order valence-corrected chi connectivity index (χ2v) is 7.09. The summed E-state index contributed by atoms with van der Waals surface area (Å²) >= 11 is 0. The number of carbonyl (C=O) groups is 2. The average Bonchev–Trinajstić information content (AvgIpc) is 2.68. The fourth-order valence-electron chi connectivity index (χ4n) is 3.41. The van der Waals surface area contributed by atoms with Crippen LogP contribution in [0.3, 0.4) is 0 Å². The molecule has 2 amide bonds. The van der Waals surface area contributed by atoms with Crippen LogP contribution < -0.4 is 5.32 Å². The van der Waals surface area contributed by atoms with Crippen molar-refractivity contribution in [2.45, 2.75) is 33.2 Å². The lowest BCUT2D eigenvalue weighted by Crippen LogP contribution is -2.43. The Hall–Kier alpha value is -2.62. The minimum atomic E-state index is -0.0126. The highest BCUT2D eigenvalue weighted by Gasteiger charge is 2.28. The molecule has 1 N–H and O–H groups in total. The maximum absolute atomic E-state index is 12.8. The Bertz CT molecular complexity index is 778. The Morgan fingerprint density at radius 1 is 1.04 bits per heavy atom. The van der Waals surface area contributed by atoms with Crippen molar-refractivity contribution in [3.63, 3.8) is 0 Å². The van der Waals surface area contributed by atoms with Gasteiger partial charge in [-0.2, -0.15) is 0 Å². The van der Waals surface area contributed by atoms with Gasteiger partial charge in [0.15, 0.2) is 0 Å². The van der Waals surface area contributed by atoms with Gasteiger partial charge in [-0.25, -0.2) is 0 Å². The summed E-state index contributed by atoms with van der Waals surface area (Å²) in [5.74, 6) is 0.156. The van der Waals surface area contributed by atoms with Gasteiger partial charge in [0.25, 0.3) is 5.91 Å². The first kappa shape index (κ1) is 18.2. The Morgan fingerprint density at radius 3 is 2.42 bits per heavy atom. The van der Waals surface area contributed by atoms with E-state index in [9.17, 15) is 9.59 Å². The molecular formula is C22H26N2O2. The number of likely N-dealkylation sites (tertiary alicyclic amines) is 1. The van der Waals surface area contributed by atoms with Crippen molar-refractivity contribution in [1.82, 2.24) is 10.2 Å². The van der Waals surface area contributed by atoms with Gasteiger partial charge in [-0.3, -0.25) is 9.59 Å². The average molecular weight is 350 g/mol. The maximum Gasteiger partial charge on any atom is 0.254 e. The number of piperidine rings is 1. The van der Waals surface area contributed by atoms with Gasteiger partial charge < -0.3 is 10.2 Å². The normalized spacial score (nSPS) is 14.9. The highest BCUT2D eigenvalue weighted by atomic mass is 16.2. The molecule has 0 aliphatic carbocycles. The fraction of sp³-hybridized carbons (Fsp3) is 0.364. The van der Waals surface area contributed by atoms with E-state index in [1.54, 1.807) is 0 Å². The molecule has 26 heavy (non-hydrogen) atoms. The van der Waals surface area contributed by atoms with Crippen molar-refractivity contribution >= 4 is 11.8 Å². The number of aryl methyl sites for hydroxylation is 2. The number of amides is 2. The zero-order valence-electron chi connectivity index (χ0n) is 15.5. The SMILES string of the molecule is Cc1ccc(C)c(C(=O)N2CCC(C(=O)NCc3ccccc3)CC2)c1. The van der Waals surface area contributed by atoms with E-state index in [2.05, 4.69) is 5.32 Å². The molecule has 3 rings (SSSR count). The van der Waals surface area contributed by atoms with E-state index < -0.39 is 0 Å². The molecule has 2 aromatic rings. The number of hydrogen-bond donors (Lipinski definition) is 1. The quantitative estimate of drug-likeness (QED) is 0.918. The molecule has 0 unspecified atom stereocenters. The van der Waals surface area contributed by atoms with E-state index >= 15 is 0 Å². The molecule has 1 fully saturated rings. The number of nitrogens with one attached hydrogen (secondary N) is 1. The lowest BCUT2D eigenvalue weighted by Gasteiger charge is -2.31. The molecule has 0 aromatic heterocycles. The molecule has 2 aromatic carbocycles. The third kappa shape index (κ3) is 4.31. The fourth-order valence-corrected chi connectivity index (χ4v) is 3.41. The molecule has 0 saturated carbocycles. The van der Waals surface area contributed by atoms with Crippen LogP contribution in [0.4, 0.5) is 0 Å². The summed E-state index contributed by atoms with van der Waals surface area (Å²) in [6.07, 6.45) is 1.44. The van der Waals surface area contributed by atoms with Crippen LogP contribution in [0.1, 0.15) is 39.9 Å². The number of nitrogens with zero attached hydrogens (tertiary/aromatic N) is 1. The van der Waals surface area contributed by atoms with Crippen LogP contribution >= 0.6 is 0 Å². The molecule has 1 aliphatic rings. The molecule has 1 saturated heterocycles. The Kier molecular flexibility index (Phi) is 5.71. The van der Waals surface area contributed by atoms with Gasteiger partial charge >= 0.3 is 0 Å². The third-order valence-corrected chi connectivity index (χ3v) is 5.09. The van der Waals surface area contributed by atoms with Gasteiger partial charge in [-0.05, 0) is 43.9 Å². The lowest BCUT2D eigenvalue weighted by atomic mass is 9.94. The number of hydrogen-bond acceptors (Lipinski definition) is 2. The van der Waals surface area contributed by atoms with E-state index in [1.807, 2.05) is 67.3 Å². The molecule has 1 heterocycles. The molecule has 4 nitrogen and oxygen atoms in total. The monoisotopic (exact) mass is 350 g/mol. The Balaban J connectivity index is 1.53. The van der Waals surface area contributed by atoms with E-state index in [0.717, 1.165) is 35.1 Å². The van der Waals surface area contributed by atoms with E-state index in [-0.39, 0.29) is 17.7 Å². The van der Waals surface area contributed by atoms with Crippen LogP contribution in [0.25, 0.3) is 0 Å². The summed E-state index contributed by atoms with van der Waals surface area (Å²) in [6, 6.07) is 15.9. The Labute approximate surface area is 155 Å². The topological polar surface area (TPSA) is 49.4 Å². The summed E-state index contributed by atoms with van der Waals surface area (Å²) < 4.78 is 0. The van der Waals surface area contributed by atoms with Gasteiger partial charge in [-0.1, -0.05) is 48.0 Å². The summed E-state index contributed by atoms with van der Waals surface area (Å²) in [7, 11) is 0. The van der Waals surface area contributed by atoms with Gasteiger partial charge in [0.05, 0.1) is 0 Å². The maximum atomic E-state index is 12.8. The second-order valence-electron chi connectivity index (χ2n) is 7.09. The van der Waals surface area contributed by atoms with Gasteiger partial charge in [0, 0.05) is 31.1 Å². The summed E-state index contributed by atoms with van der Waals surface area (Å²) in [5.41, 5.74) is 3.97. The highest BCUT2D eigenvalue weighted by molar-refractivity contribution is 5.96. The van der Waals surface area contributed by atoms with Crippen molar-refractivity contribution in [3.05, 3.63) is 70.8 Å². The third-order valence-electron chi connectivity index (χ3n) is 5.09. The van der Waals surface area contributed by atoms with Crippen LogP contribution in [0.2, 0.25) is 0 Å². The first-order valence-electron chi connectivity index (χ1n) is 9.23.